The maximum Gasteiger partial charge on any atom is 0.250 e. The Labute approximate surface area is 169 Å². The maximum atomic E-state index is 13.0. The minimum Gasteiger partial charge on any atom is -0.324 e. The van der Waals surface area contributed by atoms with Crippen molar-refractivity contribution in [3.8, 4) is 0 Å². The van der Waals surface area contributed by atoms with Crippen molar-refractivity contribution >= 4 is 33.0 Å². The van der Waals surface area contributed by atoms with Gasteiger partial charge in [-0.2, -0.15) is 4.72 Å². The van der Waals surface area contributed by atoms with Crippen LogP contribution in [0.25, 0.3) is 0 Å². The number of para-hydroxylation sites is 1. The Bertz CT molecular complexity index is 1020. The highest BCUT2D eigenvalue weighted by Crippen LogP contribution is 2.19. The third-order valence-electron chi connectivity index (χ3n) is 4.31. The SMILES string of the molecule is CCc1ccccc1NC(=O)C(Cc1ccccc1)NS(=O)(=O)c1cccs1. The van der Waals surface area contributed by atoms with Crippen LogP contribution in [0, 0.1) is 0 Å². The summed E-state index contributed by atoms with van der Waals surface area (Å²) in [5.41, 5.74) is 2.57. The molecule has 2 N–H and O–H groups in total. The van der Waals surface area contributed by atoms with Crippen LogP contribution in [0.1, 0.15) is 18.1 Å². The molecule has 0 aliphatic rings. The third kappa shape index (κ3) is 5.07. The molecule has 28 heavy (non-hydrogen) atoms. The van der Waals surface area contributed by atoms with E-state index in [0.29, 0.717) is 5.69 Å². The van der Waals surface area contributed by atoms with Crippen molar-refractivity contribution in [2.24, 2.45) is 0 Å². The first-order chi connectivity index (χ1) is 13.5. The Morgan fingerprint density at radius 3 is 2.39 bits per heavy atom. The zero-order valence-corrected chi connectivity index (χ0v) is 17.1. The summed E-state index contributed by atoms with van der Waals surface area (Å²) >= 11 is 1.12. The van der Waals surface area contributed by atoms with Crippen molar-refractivity contribution < 1.29 is 13.2 Å². The first kappa shape index (κ1) is 20.3. The number of aryl methyl sites for hydroxylation is 1. The lowest BCUT2D eigenvalue weighted by molar-refractivity contribution is -0.117. The molecule has 7 heteroatoms. The van der Waals surface area contributed by atoms with E-state index in [1.165, 1.54) is 6.07 Å². The lowest BCUT2D eigenvalue weighted by atomic mass is 10.1. The van der Waals surface area contributed by atoms with Crippen LogP contribution in [0.2, 0.25) is 0 Å². The first-order valence-corrected chi connectivity index (χ1v) is 11.3. The number of hydrogen-bond acceptors (Lipinski definition) is 4. The van der Waals surface area contributed by atoms with Crippen molar-refractivity contribution in [3.63, 3.8) is 0 Å². The Morgan fingerprint density at radius 2 is 1.71 bits per heavy atom. The molecular formula is C21H22N2O3S2. The third-order valence-corrected chi connectivity index (χ3v) is 7.18. The second-order valence-corrected chi connectivity index (χ2v) is 9.18. The van der Waals surface area contributed by atoms with Gasteiger partial charge in [0.05, 0.1) is 0 Å². The Kier molecular flexibility index (Phi) is 6.61. The van der Waals surface area contributed by atoms with Crippen molar-refractivity contribution in [1.82, 2.24) is 4.72 Å². The van der Waals surface area contributed by atoms with Crippen LogP contribution in [0.5, 0.6) is 0 Å². The van der Waals surface area contributed by atoms with E-state index in [0.717, 1.165) is 28.9 Å². The number of thiophene rings is 1. The highest BCUT2D eigenvalue weighted by atomic mass is 32.2. The zero-order chi connectivity index (χ0) is 20.0. The maximum absolute atomic E-state index is 13.0. The van der Waals surface area contributed by atoms with Crippen LogP contribution >= 0.6 is 11.3 Å². The van der Waals surface area contributed by atoms with Crippen molar-refractivity contribution in [3.05, 3.63) is 83.2 Å². The van der Waals surface area contributed by atoms with Gasteiger partial charge in [-0.3, -0.25) is 4.79 Å². The van der Waals surface area contributed by atoms with E-state index >= 15 is 0 Å². The summed E-state index contributed by atoms with van der Waals surface area (Å²) in [4.78, 5) is 13.0. The molecule has 5 nitrogen and oxygen atoms in total. The largest absolute Gasteiger partial charge is 0.324 e. The predicted octanol–water partition coefficient (Wildman–Crippen LogP) is 3.84. The molecule has 0 fully saturated rings. The number of benzene rings is 2. The van der Waals surface area contributed by atoms with E-state index in [1.54, 1.807) is 11.4 Å². The van der Waals surface area contributed by atoms with Gasteiger partial charge in [0, 0.05) is 5.69 Å². The van der Waals surface area contributed by atoms with Crippen LogP contribution in [-0.4, -0.2) is 20.4 Å². The highest BCUT2D eigenvalue weighted by Gasteiger charge is 2.27. The van der Waals surface area contributed by atoms with Crippen molar-refractivity contribution in [1.29, 1.82) is 0 Å². The fraction of sp³-hybridized carbons (Fsp3) is 0.190. The molecule has 1 heterocycles. The molecule has 0 saturated heterocycles. The number of nitrogens with one attached hydrogen (secondary N) is 2. The number of anilines is 1. The molecule has 146 valence electrons. The highest BCUT2D eigenvalue weighted by molar-refractivity contribution is 7.91. The molecule has 0 spiro atoms. The summed E-state index contributed by atoms with van der Waals surface area (Å²) in [5.74, 6) is -0.384. The first-order valence-electron chi connectivity index (χ1n) is 8.98. The topological polar surface area (TPSA) is 75.3 Å². The standard InChI is InChI=1S/C21H22N2O3S2/c1-2-17-11-6-7-12-18(17)22-21(24)19(15-16-9-4-3-5-10-16)23-28(25,26)20-13-8-14-27-20/h3-14,19,23H,2,15H2,1H3,(H,22,24). The van der Waals surface area contributed by atoms with Gasteiger partial charge in [0.1, 0.15) is 10.3 Å². The lowest BCUT2D eigenvalue weighted by Gasteiger charge is -2.19. The summed E-state index contributed by atoms with van der Waals surface area (Å²) in [7, 11) is -3.78. The van der Waals surface area contributed by atoms with E-state index in [4.69, 9.17) is 0 Å². The molecule has 1 aromatic heterocycles. The lowest BCUT2D eigenvalue weighted by Crippen LogP contribution is -2.45. The second kappa shape index (κ2) is 9.14. The Hall–Kier alpha value is -2.48. The Balaban J connectivity index is 1.86. The molecule has 1 unspecified atom stereocenters. The van der Waals surface area contributed by atoms with Crippen LogP contribution in [-0.2, 0) is 27.7 Å². The number of amides is 1. The molecule has 0 aliphatic heterocycles. The molecule has 2 aromatic carbocycles. The van der Waals surface area contributed by atoms with Gasteiger partial charge < -0.3 is 5.32 Å². The minimum atomic E-state index is -3.78. The van der Waals surface area contributed by atoms with Crippen molar-refractivity contribution in [2.75, 3.05) is 5.32 Å². The molecule has 1 atom stereocenters. The number of sulfonamides is 1. The molecule has 0 saturated carbocycles. The molecule has 3 rings (SSSR count). The number of hydrogen-bond donors (Lipinski definition) is 2. The minimum absolute atomic E-state index is 0.187. The summed E-state index contributed by atoms with van der Waals surface area (Å²) < 4.78 is 28.1. The number of carbonyl (C=O) groups is 1. The van der Waals surface area contributed by atoms with Crippen LogP contribution in [0.4, 0.5) is 5.69 Å². The van der Waals surface area contributed by atoms with Gasteiger partial charge in [0.15, 0.2) is 0 Å². The van der Waals surface area contributed by atoms with E-state index in [1.807, 2.05) is 61.5 Å². The smallest absolute Gasteiger partial charge is 0.250 e. The van der Waals surface area contributed by atoms with E-state index in [-0.39, 0.29) is 16.5 Å². The van der Waals surface area contributed by atoms with E-state index < -0.39 is 16.1 Å². The van der Waals surface area contributed by atoms with Crippen LogP contribution in [0.15, 0.2) is 76.3 Å². The van der Waals surface area contributed by atoms with Gasteiger partial charge >= 0.3 is 0 Å². The predicted molar refractivity (Wildman–Crippen MR) is 113 cm³/mol. The average Bonchev–Trinajstić information content (AvgIpc) is 3.24. The summed E-state index contributed by atoms with van der Waals surface area (Å²) in [6.07, 6.45) is 1.02. The summed E-state index contributed by atoms with van der Waals surface area (Å²) in [6.45, 7) is 2.01. The van der Waals surface area contributed by atoms with E-state index in [9.17, 15) is 13.2 Å². The van der Waals surface area contributed by atoms with Gasteiger partial charge in [-0.25, -0.2) is 8.42 Å². The molecular weight excluding hydrogens is 392 g/mol. The number of rotatable bonds is 8. The monoisotopic (exact) mass is 414 g/mol. The van der Waals surface area contributed by atoms with E-state index in [2.05, 4.69) is 10.0 Å². The normalized spacial score (nSPS) is 12.5. The fourth-order valence-electron chi connectivity index (χ4n) is 2.87. The molecule has 0 radical (unpaired) electrons. The zero-order valence-electron chi connectivity index (χ0n) is 15.5. The second-order valence-electron chi connectivity index (χ2n) is 6.30. The summed E-state index contributed by atoms with van der Waals surface area (Å²) in [5, 5.41) is 4.58. The summed E-state index contributed by atoms with van der Waals surface area (Å²) in [6, 6.07) is 19.1. The van der Waals surface area contributed by atoms with Gasteiger partial charge in [0.25, 0.3) is 10.0 Å². The number of carbonyl (C=O) groups excluding carboxylic acids is 1. The molecule has 3 aromatic rings. The molecule has 1 amide bonds. The van der Waals surface area contributed by atoms with Gasteiger partial charge in [-0.05, 0) is 41.5 Å². The molecule has 0 bridgehead atoms. The van der Waals surface area contributed by atoms with Crippen LogP contribution < -0.4 is 10.0 Å². The van der Waals surface area contributed by atoms with Gasteiger partial charge in [-0.15, -0.1) is 11.3 Å². The van der Waals surface area contributed by atoms with Crippen LogP contribution in [0.3, 0.4) is 0 Å². The quantitative estimate of drug-likeness (QED) is 0.588. The van der Waals surface area contributed by atoms with Crippen molar-refractivity contribution in [2.45, 2.75) is 30.0 Å². The van der Waals surface area contributed by atoms with Gasteiger partial charge in [0.2, 0.25) is 5.91 Å². The van der Waals surface area contributed by atoms with Gasteiger partial charge in [-0.1, -0.05) is 61.5 Å². The molecule has 0 aliphatic carbocycles. The fourth-order valence-corrected chi connectivity index (χ4v) is 5.07. The average molecular weight is 415 g/mol. The Morgan fingerprint density at radius 1 is 1.00 bits per heavy atom.